The van der Waals surface area contributed by atoms with Crippen LogP contribution in [0.25, 0.3) is 10.3 Å². The molecule has 9 heteroatoms. The largest absolute Gasteiger partial charge is 0.382 e. The Morgan fingerprint density at radius 2 is 2.00 bits per heavy atom. The quantitative estimate of drug-likeness (QED) is 0.659. The minimum atomic E-state index is -0.434. The highest BCUT2D eigenvalue weighted by molar-refractivity contribution is 7.22. The van der Waals surface area contributed by atoms with Crippen LogP contribution in [0.5, 0.6) is 0 Å². The number of thiazole rings is 1. The van der Waals surface area contributed by atoms with E-state index in [1.54, 1.807) is 19.1 Å². The van der Waals surface area contributed by atoms with Gasteiger partial charge in [-0.2, -0.15) is 4.98 Å². The lowest BCUT2D eigenvalue weighted by Gasteiger charge is -2.30. The molecule has 148 valence electrons. The molecule has 1 fully saturated rings. The van der Waals surface area contributed by atoms with Crippen molar-refractivity contribution in [3.8, 4) is 0 Å². The molecule has 0 amide bonds. The maximum absolute atomic E-state index is 13.7. The number of rotatable bonds is 5. The molecule has 4 rings (SSSR count). The molecule has 3 heterocycles. The molecule has 0 saturated carbocycles. The molecule has 1 saturated heterocycles. The van der Waals surface area contributed by atoms with Gasteiger partial charge in [0.05, 0.1) is 5.02 Å². The standard InChI is InChI=1S/C19H22ClFN6S/c1-12-23-17(22)16-18(24-12)25-19(28-16)27(10-9-26-7-3-2-4-8-26)13-5-6-15(21)14(20)11-13/h5-6,11H,2-4,7-10H2,1H3,(H2,22,23,24). The topological polar surface area (TPSA) is 71.2 Å². The second-order valence-electron chi connectivity index (χ2n) is 6.96. The van der Waals surface area contributed by atoms with E-state index in [1.807, 2.05) is 0 Å². The highest BCUT2D eigenvalue weighted by atomic mass is 35.5. The van der Waals surface area contributed by atoms with Gasteiger partial charge < -0.3 is 15.5 Å². The number of anilines is 3. The molecule has 2 aromatic heterocycles. The number of aryl methyl sites for hydroxylation is 1. The summed E-state index contributed by atoms with van der Waals surface area (Å²) in [7, 11) is 0. The predicted octanol–water partition coefficient (Wildman–Crippen LogP) is 4.39. The fraction of sp³-hybridized carbons (Fsp3) is 0.421. The molecular weight excluding hydrogens is 399 g/mol. The summed E-state index contributed by atoms with van der Waals surface area (Å²) < 4.78 is 14.5. The van der Waals surface area contributed by atoms with Crippen LogP contribution in [0.4, 0.5) is 21.0 Å². The lowest BCUT2D eigenvalue weighted by Crippen LogP contribution is -2.36. The average Bonchev–Trinajstić information content (AvgIpc) is 3.09. The Morgan fingerprint density at radius 1 is 1.21 bits per heavy atom. The number of nitrogen functional groups attached to an aromatic ring is 1. The summed E-state index contributed by atoms with van der Waals surface area (Å²) in [4.78, 5) is 17.8. The number of piperidine rings is 1. The molecule has 0 bridgehead atoms. The molecular formula is C19H22ClFN6S. The Balaban J connectivity index is 1.69. The fourth-order valence-electron chi connectivity index (χ4n) is 3.48. The maximum atomic E-state index is 13.7. The molecule has 3 aromatic rings. The Labute approximate surface area is 172 Å². The summed E-state index contributed by atoms with van der Waals surface area (Å²) in [5.74, 6) is 0.586. The van der Waals surface area contributed by atoms with Gasteiger partial charge in [-0.25, -0.2) is 14.4 Å². The number of nitrogens with zero attached hydrogens (tertiary/aromatic N) is 5. The van der Waals surface area contributed by atoms with Crippen LogP contribution in [0.15, 0.2) is 18.2 Å². The summed E-state index contributed by atoms with van der Waals surface area (Å²) in [5.41, 5.74) is 7.45. The van der Waals surface area contributed by atoms with Crippen molar-refractivity contribution >= 4 is 49.9 Å². The third kappa shape index (κ3) is 4.04. The summed E-state index contributed by atoms with van der Waals surface area (Å²) in [6.45, 7) is 5.62. The summed E-state index contributed by atoms with van der Waals surface area (Å²) in [5, 5.41) is 0.845. The smallest absolute Gasteiger partial charge is 0.192 e. The fourth-order valence-corrected chi connectivity index (χ4v) is 4.60. The SMILES string of the molecule is Cc1nc(N)c2sc(N(CCN3CCCCC3)c3ccc(F)c(Cl)c3)nc2n1. The molecule has 0 atom stereocenters. The van der Waals surface area contributed by atoms with Gasteiger partial charge in [-0.05, 0) is 51.1 Å². The summed E-state index contributed by atoms with van der Waals surface area (Å²) >= 11 is 7.49. The molecule has 0 aliphatic carbocycles. The van der Waals surface area contributed by atoms with E-state index in [2.05, 4.69) is 24.8 Å². The molecule has 0 spiro atoms. The van der Waals surface area contributed by atoms with Crippen LogP contribution in [-0.2, 0) is 0 Å². The van der Waals surface area contributed by atoms with Crippen LogP contribution >= 0.6 is 22.9 Å². The number of benzene rings is 1. The Morgan fingerprint density at radius 3 is 2.75 bits per heavy atom. The van der Waals surface area contributed by atoms with Gasteiger partial charge in [0.1, 0.15) is 22.2 Å². The molecule has 0 unspecified atom stereocenters. The van der Waals surface area contributed by atoms with Gasteiger partial charge in [-0.1, -0.05) is 29.4 Å². The first-order valence-electron chi connectivity index (χ1n) is 9.37. The lowest BCUT2D eigenvalue weighted by atomic mass is 10.1. The average molecular weight is 421 g/mol. The number of hydrogen-bond donors (Lipinski definition) is 1. The second-order valence-corrected chi connectivity index (χ2v) is 8.34. The van der Waals surface area contributed by atoms with E-state index in [1.165, 1.54) is 36.7 Å². The monoisotopic (exact) mass is 420 g/mol. The number of nitrogens with two attached hydrogens (primary N) is 1. The summed E-state index contributed by atoms with van der Waals surface area (Å²) in [6, 6.07) is 4.75. The van der Waals surface area contributed by atoms with Crippen LogP contribution < -0.4 is 10.6 Å². The first-order valence-corrected chi connectivity index (χ1v) is 10.6. The Kier molecular flexibility index (Phi) is 5.61. The first-order chi connectivity index (χ1) is 13.5. The Hall–Kier alpha value is -2.03. The van der Waals surface area contributed by atoms with Gasteiger partial charge in [0.25, 0.3) is 0 Å². The third-order valence-corrected chi connectivity index (χ3v) is 6.29. The molecule has 1 aliphatic heterocycles. The minimum Gasteiger partial charge on any atom is -0.382 e. The molecule has 28 heavy (non-hydrogen) atoms. The molecule has 1 aromatic carbocycles. The zero-order valence-electron chi connectivity index (χ0n) is 15.7. The zero-order valence-corrected chi connectivity index (χ0v) is 17.2. The zero-order chi connectivity index (χ0) is 19.7. The van der Waals surface area contributed by atoms with E-state index >= 15 is 0 Å². The van der Waals surface area contributed by atoms with Crippen molar-refractivity contribution < 1.29 is 4.39 Å². The maximum Gasteiger partial charge on any atom is 0.192 e. The second kappa shape index (κ2) is 8.14. The van der Waals surface area contributed by atoms with Crippen molar-refractivity contribution in [3.63, 3.8) is 0 Å². The van der Waals surface area contributed by atoms with E-state index in [-0.39, 0.29) is 5.02 Å². The highest BCUT2D eigenvalue weighted by Gasteiger charge is 2.20. The van der Waals surface area contributed by atoms with Crippen molar-refractivity contribution in [1.29, 1.82) is 0 Å². The highest BCUT2D eigenvalue weighted by Crippen LogP contribution is 2.36. The van der Waals surface area contributed by atoms with Gasteiger partial charge in [0.2, 0.25) is 0 Å². The van der Waals surface area contributed by atoms with E-state index < -0.39 is 5.82 Å². The van der Waals surface area contributed by atoms with Gasteiger partial charge >= 0.3 is 0 Å². The van der Waals surface area contributed by atoms with Gasteiger partial charge in [-0.3, -0.25) is 0 Å². The van der Waals surface area contributed by atoms with Crippen molar-refractivity contribution in [3.05, 3.63) is 34.9 Å². The minimum absolute atomic E-state index is 0.0942. The van der Waals surface area contributed by atoms with E-state index in [0.29, 0.717) is 23.8 Å². The first kappa shape index (κ1) is 19.3. The van der Waals surface area contributed by atoms with Crippen molar-refractivity contribution in [2.24, 2.45) is 0 Å². The van der Waals surface area contributed by atoms with E-state index in [4.69, 9.17) is 17.3 Å². The van der Waals surface area contributed by atoms with Crippen LogP contribution in [0.2, 0.25) is 5.02 Å². The third-order valence-electron chi connectivity index (χ3n) is 4.91. The van der Waals surface area contributed by atoms with Gasteiger partial charge in [0, 0.05) is 18.8 Å². The molecule has 0 radical (unpaired) electrons. The Bertz CT molecular complexity index is 988. The van der Waals surface area contributed by atoms with Crippen molar-refractivity contribution in [1.82, 2.24) is 19.9 Å². The van der Waals surface area contributed by atoms with Gasteiger partial charge in [-0.15, -0.1) is 0 Å². The number of halogens is 2. The van der Waals surface area contributed by atoms with Crippen LogP contribution in [0, 0.1) is 12.7 Å². The van der Waals surface area contributed by atoms with E-state index in [0.717, 1.165) is 35.2 Å². The van der Waals surface area contributed by atoms with Crippen LogP contribution in [-0.4, -0.2) is 46.0 Å². The normalized spacial score (nSPS) is 15.2. The molecule has 2 N–H and O–H groups in total. The van der Waals surface area contributed by atoms with Crippen LogP contribution in [0.1, 0.15) is 25.1 Å². The molecule has 1 aliphatic rings. The lowest BCUT2D eigenvalue weighted by molar-refractivity contribution is 0.234. The molecule has 6 nitrogen and oxygen atoms in total. The predicted molar refractivity (Wildman–Crippen MR) is 113 cm³/mol. The number of aromatic nitrogens is 3. The van der Waals surface area contributed by atoms with E-state index in [9.17, 15) is 4.39 Å². The van der Waals surface area contributed by atoms with Crippen molar-refractivity contribution in [2.45, 2.75) is 26.2 Å². The number of likely N-dealkylation sites (tertiary alicyclic amines) is 1. The van der Waals surface area contributed by atoms with Gasteiger partial charge in [0.15, 0.2) is 10.8 Å². The van der Waals surface area contributed by atoms with Crippen molar-refractivity contribution in [2.75, 3.05) is 36.8 Å². The summed E-state index contributed by atoms with van der Waals surface area (Å²) in [6.07, 6.45) is 3.76. The number of fused-ring (bicyclic) bond motifs is 1. The number of hydrogen-bond acceptors (Lipinski definition) is 7. The van der Waals surface area contributed by atoms with Crippen LogP contribution in [0.3, 0.4) is 0 Å².